The minimum Gasteiger partial charge on any atom is -0.296 e. The molecule has 0 bridgehead atoms. The fraction of sp³-hybridized carbons (Fsp3) is 0.667. The SMILES string of the molecule is [2H]N1C(=O)C([2H])([2H])C([2H])([2H])[C@]([2H])(C)C1=O. The number of hydrogen-bond donors (Lipinski definition) is 1. The van der Waals surface area contributed by atoms with Crippen LogP contribution in [0.4, 0.5) is 0 Å². The van der Waals surface area contributed by atoms with Crippen LogP contribution < -0.4 is 5.31 Å². The third kappa shape index (κ3) is 1.28. The maximum Gasteiger partial charge on any atom is 0.229 e. The molecular formula is C6H9NO2. The number of nitrogens with one attached hydrogen (secondary N) is 1. The van der Waals surface area contributed by atoms with Crippen molar-refractivity contribution in [2.45, 2.75) is 19.7 Å². The van der Waals surface area contributed by atoms with Gasteiger partial charge in [-0.2, -0.15) is 0 Å². The first-order chi connectivity index (χ1) is 6.48. The fourth-order valence-corrected chi connectivity index (χ4v) is 0.405. The lowest BCUT2D eigenvalue weighted by molar-refractivity contribution is -0.135. The van der Waals surface area contributed by atoms with E-state index in [9.17, 15) is 9.59 Å². The molecule has 0 aliphatic carbocycles. The molecule has 0 radical (unpaired) electrons. The predicted octanol–water partition coefficient (Wildman–Crippen LogP) is 0.0591. The van der Waals surface area contributed by atoms with E-state index in [1.54, 1.807) is 0 Å². The molecule has 1 atom stereocenters. The number of hydrogen-bond acceptors (Lipinski definition) is 2. The van der Waals surface area contributed by atoms with Crippen LogP contribution in [0.1, 0.15) is 26.5 Å². The van der Waals surface area contributed by atoms with Crippen LogP contribution in [0.15, 0.2) is 0 Å². The first-order valence-corrected chi connectivity index (χ1v) is 2.36. The number of amides is 2. The summed E-state index contributed by atoms with van der Waals surface area (Å²) in [5.41, 5.74) is 0. The van der Waals surface area contributed by atoms with Gasteiger partial charge >= 0.3 is 0 Å². The first kappa shape index (κ1) is 2.08. The zero-order valence-corrected chi connectivity index (χ0v) is 4.76. The van der Waals surface area contributed by atoms with Gasteiger partial charge in [-0.15, -0.1) is 0 Å². The lowest BCUT2D eigenvalue weighted by Gasteiger charge is -2.15. The van der Waals surface area contributed by atoms with Gasteiger partial charge in [0.25, 0.3) is 0 Å². The molecule has 1 saturated heterocycles. The Kier molecular flexibility index (Phi) is 0.500. The van der Waals surface area contributed by atoms with Gasteiger partial charge in [0.15, 0.2) is 1.41 Å². The van der Waals surface area contributed by atoms with Crippen LogP contribution in [-0.2, 0) is 9.59 Å². The molecule has 1 fully saturated rings. The lowest BCUT2D eigenvalue weighted by Crippen LogP contribution is -2.39. The molecule has 9 heavy (non-hydrogen) atoms. The van der Waals surface area contributed by atoms with Crippen molar-refractivity contribution in [2.75, 3.05) is 0 Å². The predicted molar refractivity (Wildman–Crippen MR) is 31.5 cm³/mol. The minimum absolute atomic E-state index is 0.283. The smallest absolute Gasteiger partial charge is 0.229 e. The third-order valence-corrected chi connectivity index (χ3v) is 0.881. The molecule has 1 N–H and O–H groups in total. The summed E-state index contributed by atoms with van der Waals surface area (Å²) in [6, 6.07) is 0. The van der Waals surface area contributed by atoms with Crippen molar-refractivity contribution in [1.29, 1.82) is 0 Å². The third-order valence-electron chi connectivity index (χ3n) is 0.881. The summed E-state index contributed by atoms with van der Waals surface area (Å²) in [5, 5.41) is -0.283. The largest absolute Gasteiger partial charge is 0.296 e. The monoisotopic (exact) mass is 133 g/mol. The number of piperidine rings is 1. The van der Waals surface area contributed by atoms with Gasteiger partial charge in [0.05, 0.1) is 0 Å². The van der Waals surface area contributed by atoms with Crippen molar-refractivity contribution in [3.05, 3.63) is 0 Å². The standard InChI is InChI=1S/C6H9NO2/c1-4-2-3-5(8)7-6(4)9/h4H,2-3H2,1H3,(H,7,8,9)/t4-/m0/s1/i2D2,3D2,4D/hD. The molecule has 0 unspecified atom stereocenters. The van der Waals surface area contributed by atoms with Gasteiger partial charge in [-0.3, -0.25) is 14.9 Å². The molecule has 0 saturated carbocycles. The highest BCUT2D eigenvalue weighted by Gasteiger charge is 2.21. The van der Waals surface area contributed by atoms with E-state index in [0.29, 0.717) is 0 Å². The van der Waals surface area contributed by atoms with Gasteiger partial charge in [-0.25, -0.2) is 0 Å². The van der Waals surface area contributed by atoms with Gasteiger partial charge in [-0.1, -0.05) is 6.92 Å². The second kappa shape index (κ2) is 2.17. The molecule has 1 aliphatic rings. The molecule has 0 aromatic rings. The quantitative estimate of drug-likeness (QED) is 0.475. The van der Waals surface area contributed by atoms with Crippen molar-refractivity contribution in [3.63, 3.8) is 0 Å². The summed E-state index contributed by atoms with van der Waals surface area (Å²) < 4.78 is 43.5. The molecular weight excluding hydrogens is 118 g/mol. The zero-order chi connectivity index (χ0) is 12.2. The van der Waals surface area contributed by atoms with Crippen LogP contribution in [0.3, 0.4) is 0 Å². The van der Waals surface area contributed by atoms with Crippen LogP contribution in [0.2, 0.25) is 1.41 Å². The highest BCUT2D eigenvalue weighted by Crippen LogP contribution is 2.09. The number of carbonyl (C=O) groups is 2. The maximum atomic E-state index is 11.3. The Morgan fingerprint density at radius 1 is 2.00 bits per heavy atom. The highest BCUT2D eigenvalue weighted by atomic mass is 16.2. The zero-order valence-electron chi connectivity index (χ0n) is 10.8. The Labute approximate surface area is 61.9 Å². The van der Waals surface area contributed by atoms with Gasteiger partial charge < -0.3 is 0 Å². The molecule has 1 rings (SSSR count). The molecule has 50 valence electrons. The Bertz CT molecular complexity index is 309. The number of imide groups is 1. The maximum absolute atomic E-state index is 11.3. The Morgan fingerprint density at radius 3 is 3.33 bits per heavy atom. The van der Waals surface area contributed by atoms with Crippen LogP contribution >= 0.6 is 0 Å². The Hall–Kier alpha value is -0.860. The van der Waals surface area contributed by atoms with E-state index in [4.69, 9.17) is 8.27 Å². The summed E-state index contributed by atoms with van der Waals surface area (Å²) >= 11 is 0. The summed E-state index contributed by atoms with van der Waals surface area (Å²) in [6.07, 6.45) is -6.02. The highest BCUT2D eigenvalue weighted by molar-refractivity contribution is 5.98. The van der Waals surface area contributed by atoms with Crippen LogP contribution in [-0.4, -0.2) is 11.8 Å². The van der Waals surface area contributed by atoms with E-state index in [1.807, 2.05) is 0 Å². The first-order valence-electron chi connectivity index (χ1n) is 5.30. The molecule has 1 heterocycles. The molecule has 0 aromatic heterocycles. The summed E-state index contributed by atoms with van der Waals surface area (Å²) in [6.45, 7) is 0.848. The summed E-state index contributed by atoms with van der Waals surface area (Å²) in [5.74, 6) is -5.44. The second-order valence-corrected chi connectivity index (χ2v) is 1.60. The van der Waals surface area contributed by atoms with Crippen molar-refractivity contribution in [1.82, 2.24) is 5.31 Å². The normalized spacial score (nSPS) is 58.1. The van der Waals surface area contributed by atoms with E-state index in [1.165, 1.54) is 0 Å². The van der Waals surface area contributed by atoms with E-state index in [-0.39, 0.29) is 5.31 Å². The average molecular weight is 133 g/mol. The number of carbonyl (C=O) groups excluding carboxylic acids is 2. The van der Waals surface area contributed by atoms with E-state index in [0.717, 1.165) is 6.92 Å². The molecule has 3 nitrogen and oxygen atoms in total. The van der Waals surface area contributed by atoms with Crippen molar-refractivity contribution in [2.24, 2.45) is 5.89 Å². The van der Waals surface area contributed by atoms with Gasteiger partial charge in [0, 0.05) is 19.1 Å². The summed E-state index contributed by atoms with van der Waals surface area (Å²) in [7, 11) is 0. The second-order valence-electron chi connectivity index (χ2n) is 1.60. The molecule has 3 heteroatoms. The van der Waals surface area contributed by atoms with E-state index < -0.39 is 30.5 Å². The molecule has 2 amide bonds. The topological polar surface area (TPSA) is 46.2 Å². The van der Waals surface area contributed by atoms with Crippen LogP contribution in [0.25, 0.3) is 0 Å². The molecule has 1 aliphatic heterocycles. The van der Waals surface area contributed by atoms with E-state index in [2.05, 4.69) is 0 Å². The average Bonchev–Trinajstić information content (AvgIpc) is 2.12. The molecule has 0 aromatic carbocycles. The lowest BCUT2D eigenvalue weighted by atomic mass is 10.0. The van der Waals surface area contributed by atoms with Crippen molar-refractivity contribution in [3.8, 4) is 0 Å². The Balaban J connectivity index is 3.40. The van der Waals surface area contributed by atoms with Crippen LogP contribution in [0, 0.1) is 5.89 Å². The van der Waals surface area contributed by atoms with Crippen molar-refractivity contribution < 1.29 is 17.9 Å². The van der Waals surface area contributed by atoms with Gasteiger partial charge in [0.2, 0.25) is 11.8 Å². The molecule has 0 spiro atoms. The van der Waals surface area contributed by atoms with Crippen molar-refractivity contribution >= 4 is 11.8 Å². The fourth-order valence-electron chi connectivity index (χ4n) is 0.405. The minimum atomic E-state index is -3.06. The van der Waals surface area contributed by atoms with Gasteiger partial charge in [-0.05, 0) is 6.37 Å². The van der Waals surface area contributed by atoms with Gasteiger partial charge in [0.1, 0.15) is 0 Å². The summed E-state index contributed by atoms with van der Waals surface area (Å²) in [4.78, 5) is 22.5. The van der Waals surface area contributed by atoms with Crippen LogP contribution in [0.5, 0.6) is 0 Å². The Morgan fingerprint density at radius 2 is 2.67 bits per heavy atom. The number of rotatable bonds is 0. The van der Waals surface area contributed by atoms with E-state index >= 15 is 0 Å².